The molecule has 0 unspecified atom stereocenters. The number of para-hydroxylation sites is 1. The second kappa shape index (κ2) is 5.48. The molecule has 5 heteroatoms. The SMILES string of the molecule is CCN(C(=O)c1cncc(O)c1)c1ccccc1F. The van der Waals surface area contributed by atoms with Crippen molar-refractivity contribution in [2.45, 2.75) is 6.92 Å². The van der Waals surface area contributed by atoms with Crippen LogP contribution in [0.25, 0.3) is 0 Å². The van der Waals surface area contributed by atoms with E-state index in [1.54, 1.807) is 19.1 Å². The smallest absolute Gasteiger partial charge is 0.260 e. The zero-order valence-corrected chi connectivity index (χ0v) is 10.4. The highest BCUT2D eigenvalue weighted by Gasteiger charge is 2.19. The predicted molar refractivity (Wildman–Crippen MR) is 69.7 cm³/mol. The van der Waals surface area contributed by atoms with Gasteiger partial charge in [0.2, 0.25) is 0 Å². The van der Waals surface area contributed by atoms with Crippen LogP contribution in [-0.4, -0.2) is 22.5 Å². The van der Waals surface area contributed by atoms with Crippen molar-refractivity contribution in [3.8, 4) is 5.75 Å². The lowest BCUT2D eigenvalue weighted by Gasteiger charge is -2.21. The molecule has 1 N–H and O–H groups in total. The third-order valence-corrected chi connectivity index (χ3v) is 2.68. The number of benzene rings is 1. The Bertz CT molecular complexity index is 602. The molecule has 98 valence electrons. The van der Waals surface area contributed by atoms with Crippen molar-refractivity contribution in [3.05, 3.63) is 54.1 Å². The summed E-state index contributed by atoms with van der Waals surface area (Å²) in [6.45, 7) is 2.07. The molecule has 1 aromatic carbocycles. The van der Waals surface area contributed by atoms with Crippen LogP contribution >= 0.6 is 0 Å². The van der Waals surface area contributed by atoms with Crippen LogP contribution < -0.4 is 4.90 Å². The average molecular weight is 260 g/mol. The third-order valence-electron chi connectivity index (χ3n) is 2.68. The number of hydrogen-bond acceptors (Lipinski definition) is 3. The quantitative estimate of drug-likeness (QED) is 0.922. The molecule has 0 spiro atoms. The zero-order valence-electron chi connectivity index (χ0n) is 10.4. The molecule has 0 saturated carbocycles. The lowest BCUT2D eigenvalue weighted by atomic mass is 10.2. The highest BCUT2D eigenvalue weighted by molar-refractivity contribution is 6.06. The van der Waals surface area contributed by atoms with Crippen molar-refractivity contribution < 1.29 is 14.3 Å². The first kappa shape index (κ1) is 13.0. The van der Waals surface area contributed by atoms with Crippen molar-refractivity contribution in [2.24, 2.45) is 0 Å². The Kier molecular flexibility index (Phi) is 3.75. The summed E-state index contributed by atoms with van der Waals surface area (Å²) in [6.07, 6.45) is 2.57. The van der Waals surface area contributed by atoms with Gasteiger partial charge in [0.25, 0.3) is 5.91 Å². The summed E-state index contributed by atoms with van der Waals surface area (Å²) in [4.78, 5) is 17.3. The molecular formula is C14H13FN2O2. The molecule has 0 atom stereocenters. The second-order valence-corrected chi connectivity index (χ2v) is 3.93. The Hall–Kier alpha value is -2.43. The van der Waals surface area contributed by atoms with E-state index in [4.69, 9.17) is 0 Å². The monoisotopic (exact) mass is 260 g/mol. The van der Waals surface area contributed by atoms with Crippen molar-refractivity contribution in [2.75, 3.05) is 11.4 Å². The lowest BCUT2D eigenvalue weighted by molar-refractivity contribution is 0.0986. The van der Waals surface area contributed by atoms with E-state index in [0.29, 0.717) is 6.54 Å². The number of pyridine rings is 1. The summed E-state index contributed by atoms with van der Waals surface area (Å²) in [5.74, 6) is -0.975. The molecule has 2 rings (SSSR count). The molecule has 0 aliphatic rings. The Labute approximate surface area is 110 Å². The van der Waals surface area contributed by atoms with Gasteiger partial charge in [0.15, 0.2) is 0 Å². The highest BCUT2D eigenvalue weighted by Crippen LogP contribution is 2.21. The summed E-state index contributed by atoms with van der Waals surface area (Å²) >= 11 is 0. The van der Waals surface area contributed by atoms with Gasteiger partial charge >= 0.3 is 0 Å². The van der Waals surface area contributed by atoms with Crippen LogP contribution in [0.15, 0.2) is 42.7 Å². The number of aromatic hydroxyl groups is 1. The predicted octanol–water partition coefficient (Wildman–Crippen LogP) is 2.59. The Balaban J connectivity index is 2.38. The summed E-state index contributed by atoms with van der Waals surface area (Å²) in [6, 6.07) is 7.36. The second-order valence-electron chi connectivity index (χ2n) is 3.93. The number of halogens is 1. The fraction of sp³-hybridized carbons (Fsp3) is 0.143. The summed E-state index contributed by atoms with van der Waals surface area (Å²) in [5.41, 5.74) is 0.420. The van der Waals surface area contributed by atoms with Crippen molar-refractivity contribution >= 4 is 11.6 Å². The highest BCUT2D eigenvalue weighted by atomic mass is 19.1. The first-order chi connectivity index (χ1) is 9.13. The Morgan fingerprint density at radius 2 is 2.11 bits per heavy atom. The fourth-order valence-electron chi connectivity index (χ4n) is 1.79. The first-order valence-electron chi connectivity index (χ1n) is 5.84. The van der Waals surface area contributed by atoms with Crippen molar-refractivity contribution in [1.82, 2.24) is 4.98 Å². The van der Waals surface area contributed by atoms with E-state index in [1.165, 1.54) is 35.5 Å². The maximum Gasteiger partial charge on any atom is 0.260 e. The van der Waals surface area contributed by atoms with E-state index in [1.807, 2.05) is 0 Å². The van der Waals surface area contributed by atoms with Gasteiger partial charge in [0, 0.05) is 12.7 Å². The number of hydrogen-bond donors (Lipinski definition) is 1. The van der Waals surface area contributed by atoms with E-state index in [-0.39, 0.29) is 17.0 Å². The summed E-state index contributed by atoms with van der Waals surface area (Å²) in [7, 11) is 0. The number of rotatable bonds is 3. The van der Waals surface area contributed by atoms with Gasteiger partial charge in [-0.2, -0.15) is 0 Å². The third kappa shape index (κ3) is 2.70. The van der Waals surface area contributed by atoms with E-state index in [2.05, 4.69) is 4.98 Å². The van der Waals surface area contributed by atoms with Crippen LogP contribution in [0.3, 0.4) is 0 Å². The summed E-state index contributed by atoms with van der Waals surface area (Å²) in [5, 5.41) is 9.33. The normalized spacial score (nSPS) is 10.2. The minimum absolute atomic E-state index is 0.101. The molecule has 1 amide bonds. The largest absolute Gasteiger partial charge is 0.506 e. The van der Waals surface area contributed by atoms with Gasteiger partial charge in [0.05, 0.1) is 17.4 Å². The molecule has 2 aromatic rings. The molecule has 0 aliphatic heterocycles. The number of carbonyl (C=O) groups excluding carboxylic acids is 1. The summed E-state index contributed by atoms with van der Waals surface area (Å²) < 4.78 is 13.7. The van der Waals surface area contributed by atoms with Crippen LogP contribution in [-0.2, 0) is 0 Å². The van der Waals surface area contributed by atoms with E-state index in [0.717, 1.165) is 0 Å². The minimum Gasteiger partial charge on any atom is -0.506 e. The molecule has 1 heterocycles. The van der Waals surface area contributed by atoms with Crippen LogP contribution in [0, 0.1) is 5.82 Å². The molecule has 4 nitrogen and oxygen atoms in total. The molecule has 19 heavy (non-hydrogen) atoms. The zero-order chi connectivity index (χ0) is 13.8. The topological polar surface area (TPSA) is 53.4 Å². The Morgan fingerprint density at radius 3 is 2.74 bits per heavy atom. The number of carbonyl (C=O) groups is 1. The van der Waals surface area contributed by atoms with Gasteiger partial charge < -0.3 is 10.0 Å². The van der Waals surface area contributed by atoms with Gasteiger partial charge in [0.1, 0.15) is 11.6 Å². The number of nitrogens with zero attached hydrogens (tertiary/aromatic N) is 2. The standard InChI is InChI=1S/C14H13FN2O2/c1-2-17(13-6-4-3-5-12(13)15)14(19)10-7-11(18)9-16-8-10/h3-9,18H,2H2,1H3. The molecule has 0 aliphatic carbocycles. The maximum absolute atomic E-state index is 13.7. The fourth-order valence-corrected chi connectivity index (χ4v) is 1.79. The number of anilines is 1. The molecule has 0 fully saturated rings. The Morgan fingerprint density at radius 1 is 1.37 bits per heavy atom. The average Bonchev–Trinajstić information content (AvgIpc) is 2.41. The maximum atomic E-state index is 13.7. The molecule has 1 aromatic heterocycles. The van der Waals surface area contributed by atoms with Gasteiger partial charge in [-0.15, -0.1) is 0 Å². The molecule has 0 radical (unpaired) electrons. The number of amides is 1. The van der Waals surface area contributed by atoms with Gasteiger partial charge in [-0.25, -0.2) is 4.39 Å². The minimum atomic E-state index is -0.467. The van der Waals surface area contributed by atoms with Crippen molar-refractivity contribution in [1.29, 1.82) is 0 Å². The molecular weight excluding hydrogens is 247 g/mol. The van der Waals surface area contributed by atoms with Gasteiger partial charge in [-0.05, 0) is 25.1 Å². The molecule has 0 saturated heterocycles. The van der Waals surface area contributed by atoms with Gasteiger partial charge in [-0.1, -0.05) is 12.1 Å². The van der Waals surface area contributed by atoms with Crippen LogP contribution in [0.1, 0.15) is 17.3 Å². The van der Waals surface area contributed by atoms with E-state index < -0.39 is 11.7 Å². The van der Waals surface area contributed by atoms with Gasteiger partial charge in [-0.3, -0.25) is 9.78 Å². The van der Waals surface area contributed by atoms with E-state index in [9.17, 15) is 14.3 Å². The number of aromatic nitrogens is 1. The van der Waals surface area contributed by atoms with Crippen LogP contribution in [0.4, 0.5) is 10.1 Å². The lowest BCUT2D eigenvalue weighted by Crippen LogP contribution is -2.31. The van der Waals surface area contributed by atoms with E-state index >= 15 is 0 Å². The van der Waals surface area contributed by atoms with Crippen molar-refractivity contribution in [3.63, 3.8) is 0 Å². The molecule has 0 bridgehead atoms. The first-order valence-corrected chi connectivity index (χ1v) is 5.84. The van der Waals surface area contributed by atoms with Crippen LogP contribution in [0.2, 0.25) is 0 Å². The van der Waals surface area contributed by atoms with Crippen LogP contribution in [0.5, 0.6) is 5.75 Å².